The van der Waals surface area contributed by atoms with Crippen molar-refractivity contribution < 1.29 is 4.79 Å². The highest BCUT2D eigenvalue weighted by molar-refractivity contribution is 5.82. The summed E-state index contributed by atoms with van der Waals surface area (Å²) in [4.78, 5) is 24.2. The van der Waals surface area contributed by atoms with Crippen LogP contribution in [0.3, 0.4) is 0 Å². The highest BCUT2D eigenvalue weighted by Crippen LogP contribution is 2.24. The molecule has 2 aliphatic heterocycles. The van der Waals surface area contributed by atoms with Crippen LogP contribution in [0.25, 0.3) is 10.9 Å². The highest BCUT2D eigenvalue weighted by atomic mass is 16.2. The molecule has 0 bridgehead atoms. The van der Waals surface area contributed by atoms with Crippen molar-refractivity contribution >= 4 is 16.8 Å². The molecule has 1 N–H and O–H groups in total. The van der Waals surface area contributed by atoms with Crippen molar-refractivity contribution in [2.24, 2.45) is 0 Å². The van der Waals surface area contributed by atoms with Crippen LogP contribution >= 0.6 is 0 Å². The molecule has 0 saturated carbocycles. The molecule has 1 aromatic carbocycles. The van der Waals surface area contributed by atoms with Gasteiger partial charge >= 0.3 is 0 Å². The number of nitrogens with zero attached hydrogens (tertiary/aromatic N) is 4. The molecule has 2 aromatic heterocycles. The number of amides is 1. The van der Waals surface area contributed by atoms with Crippen molar-refractivity contribution in [3.63, 3.8) is 0 Å². The molecule has 2 aliphatic rings. The fraction of sp³-hybridized carbons (Fsp3) is 0.435. The molecule has 3 aromatic rings. The molecule has 1 fully saturated rings. The van der Waals surface area contributed by atoms with E-state index in [0.29, 0.717) is 25.6 Å². The number of hydrogen-bond donors (Lipinski definition) is 1. The van der Waals surface area contributed by atoms with Crippen molar-refractivity contribution in [3.8, 4) is 0 Å². The lowest BCUT2D eigenvalue weighted by molar-refractivity contribution is -0.132. The first-order valence-corrected chi connectivity index (χ1v) is 10.6. The largest absolute Gasteiger partial charge is 0.344 e. The van der Waals surface area contributed by atoms with Gasteiger partial charge < -0.3 is 14.8 Å². The summed E-state index contributed by atoms with van der Waals surface area (Å²) >= 11 is 0. The number of carbonyl (C=O) groups is 1. The predicted molar refractivity (Wildman–Crippen MR) is 112 cm³/mol. The molecule has 5 rings (SSSR count). The second kappa shape index (κ2) is 7.59. The Hall–Kier alpha value is -2.73. The summed E-state index contributed by atoms with van der Waals surface area (Å²) in [6.07, 6.45) is 5.55. The lowest BCUT2D eigenvalue weighted by Crippen LogP contribution is -2.37. The summed E-state index contributed by atoms with van der Waals surface area (Å²) in [5, 5.41) is 4.69. The molecule has 29 heavy (non-hydrogen) atoms. The summed E-state index contributed by atoms with van der Waals surface area (Å²) in [5.41, 5.74) is 4.60. The normalized spacial score (nSPS) is 18.9. The monoisotopic (exact) mass is 389 g/mol. The first kappa shape index (κ1) is 18.3. The number of fused-ring (bicyclic) bond motifs is 2. The van der Waals surface area contributed by atoms with E-state index in [1.807, 2.05) is 11.1 Å². The van der Waals surface area contributed by atoms with E-state index in [1.165, 1.54) is 23.0 Å². The first-order valence-electron chi connectivity index (χ1n) is 10.6. The van der Waals surface area contributed by atoms with Crippen LogP contribution in [-0.4, -0.2) is 38.4 Å². The fourth-order valence-corrected chi connectivity index (χ4v) is 4.63. The van der Waals surface area contributed by atoms with Crippen molar-refractivity contribution in [3.05, 3.63) is 59.3 Å². The minimum Gasteiger partial charge on any atom is -0.344 e. The lowest BCUT2D eigenvalue weighted by Gasteiger charge is -2.28. The average molecular weight is 390 g/mol. The van der Waals surface area contributed by atoms with Crippen molar-refractivity contribution in [1.82, 2.24) is 24.8 Å². The molecule has 150 valence electrons. The predicted octanol–water partition coefficient (Wildman–Crippen LogP) is 3.14. The van der Waals surface area contributed by atoms with Crippen molar-refractivity contribution in [2.75, 3.05) is 13.1 Å². The maximum atomic E-state index is 12.9. The van der Waals surface area contributed by atoms with Crippen molar-refractivity contribution in [2.45, 2.75) is 51.7 Å². The van der Waals surface area contributed by atoms with Gasteiger partial charge in [0.2, 0.25) is 5.91 Å². The molecule has 4 heterocycles. The molecule has 0 spiro atoms. The maximum Gasteiger partial charge on any atom is 0.224 e. The number of rotatable bonds is 4. The second-order valence-corrected chi connectivity index (χ2v) is 8.16. The van der Waals surface area contributed by atoms with E-state index >= 15 is 0 Å². The lowest BCUT2D eigenvalue weighted by atomic mass is 10.1. The van der Waals surface area contributed by atoms with Crippen LogP contribution in [-0.2, 0) is 24.3 Å². The topological polar surface area (TPSA) is 63.1 Å². The Labute approximate surface area is 171 Å². The standard InChI is InChI=1S/C23H27N5O/c1-16-13-17-5-2-3-7-21(17)28(16)12-9-22(29)27-11-8-19-18(15-27)14-25-23(26-19)20-6-4-10-24-20/h2-3,5,7,13-14,20,24H,4,6,8-12,15H2,1H3. The number of benzene rings is 1. The molecule has 0 radical (unpaired) electrons. The molecule has 6 nitrogen and oxygen atoms in total. The molecular formula is C23H27N5O. The third-order valence-corrected chi connectivity index (χ3v) is 6.24. The van der Waals surface area contributed by atoms with Crippen LogP contribution in [0.5, 0.6) is 0 Å². The Morgan fingerprint density at radius 1 is 1.31 bits per heavy atom. The zero-order chi connectivity index (χ0) is 19.8. The fourth-order valence-electron chi connectivity index (χ4n) is 4.63. The van der Waals surface area contributed by atoms with Gasteiger partial charge in [-0.15, -0.1) is 0 Å². The van der Waals surface area contributed by atoms with E-state index in [4.69, 9.17) is 4.98 Å². The van der Waals surface area contributed by atoms with Gasteiger partial charge in [-0.3, -0.25) is 4.79 Å². The summed E-state index contributed by atoms with van der Waals surface area (Å²) < 4.78 is 2.25. The number of para-hydroxylation sites is 1. The Morgan fingerprint density at radius 3 is 3.07 bits per heavy atom. The van der Waals surface area contributed by atoms with Gasteiger partial charge in [-0.1, -0.05) is 18.2 Å². The van der Waals surface area contributed by atoms with E-state index in [-0.39, 0.29) is 5.91 Å². The number of aromatic nitrogens is 3. The van der Waals surface area contributed by atoms with Gasteiger partial charge in [-0.25, -0.2) is 9.97 Å². The zero-order valence-corrected chi connectivity index (χ0v) is 16.9. The minimum absolute atomic E-state index is 0.203. The Morgan fingerprint density at radius 2 is 2.21 bits per heavy atom. The van der Waals surface area contributed by atoms with Gasteiger partial charge in [0.25, 0.3) is 0 Å². The molecule has 1 unspecified atom stereocenters. The van der Waals surface area contributed by atoms with Gasteiger partial charge in [0, 0.05) is 55.4 Å². The van der Waals surface area contributed by atoms with E-state index in [1.54, 1.807) is 0 Å². The third-order valence-electron chi connectivity index (χ3n) is 6.24. The Bertz CT molecular complexity index is 1050. The maximum absolute atomic E-state index is 12.9. The van der Waals surface area contributed by atoms with Gasteiger partial charge in [0.1, 0.15) is 5.82 Å². The summed E-state index contributed by atoms with van der Waals surface area (Å²) in [5.74, 6) is 1.12. The molecule has 1 amide bonds. The van der Waals surface area contributed by atoms with E-state index < -0.39 is 0 Å². The van der Waals surface area contributed by atoms with Gasteiger partial charge in [0.15, 0.2) is 0 Å². The zero-order valence-electron chi connectivity index (χ0n) is 16.9. The highest BCUT2D eigenvalue weighted by Gasteiger charge is 2.25. The number of carbonyl (C=O) groups excluding carboxylic acids is 1. The quantitative estimate of drug-likeness (QED) is 0.745. The van der Waals surface area contributed by atoms with Crippen molar-refractivity contribution in [1.29, 1.82) is 0 Å². The Balaban J connectivity index is 1.25. The third kappa shape index (κ3) is 3.53. The summed E-state index contributed by atoms with van der Waals surface area (Å²) in [6, 6.07) is 10.8. The minimum atomic E-state index is 0.203. The van der Waals surface area contributed by atoms with Crippen LogP contribution in [0.15, 0.2) is 36.5 Å². The molecular weight excluding hydrogens is 362 g/mol. The first-order chi connectivity index (χ1) is 14.2. The number of nitrogens with one attached hydrogen (secondary N) is 1. The number of aryl methyl sites for hydroxylation is 2. The van der Waals surface area contributed by atoms with Gasteiger partial charge in [-0.05, 0) is 43.8 Å². The van der Waals surface area contributed by atoms with Crippen LogP contribution in [0.1, 0.15) is 48.1 Å². The van der Waals surface area contributed by atoms with Gasteiger partial charge in [-0.2, -0.15) is 0 Å². The molecule has 1 saturated heterocycles. The summed E-state index contributed by atoms with van der Waals surface area (Å²) in [6.45, 7) is 5.23. The van der Waals surface area contributed by atoms with E-state index in [0.717, 1.165) is 43.0 Å². The summed E-state index contributed by atoms with van der Waals surface area (Å²) in [7, 11) is 0. The van der Waals surface area contributed by atoms with E-state index in [9.17, 15) is 4.79 Å². The molecule has 0 aliphatic carbocycles. The van der Waals surface area contributed by atoms with E-state index in [2.05, 4.69) is 52.1 Å². The van der Waals surface area contributed by atoms with Gasteiger partial charge in [0.05, 0.1) is 11.7 Å². The van der Waals surface area contributed by atoms with Crippen LogP contribution in [0, 0.1) is 6.92 Å². The molecule has 1 atom stereocenters. The second-order valence-electron chi connectivity index (χ2n) is 8.16. The average Bonchev–Trinajstić information content (AvgIpc) is 3.39. The van der Waals surface area contributed by atoms with Crippen LogP contribution in [0.4, 0.5) is 0 Å². The smallest absolute Gasteiger partial charge is 0.224 e. The number of hydrogen-bond acceptors (Lipinski definition) is 4. The molecule has 6 heteroatoms. The van der Waals surface area contributed by atoms with Crippen LogP contribution < -0.4 is 5.32 Å². The Kier molecular flexibility index (Phi) is 4.79. The van der Waals surface area contributed by atoms with Crippen LogP contribution in [0.2, 0.25) is 0 Å². The SMILES string of the molecule is Cc1cc2ccccc2n1CCC(=O)N1CCc2nc(C3CCCN3)ncc2C1.